The number of aliphatic hydroxyl groups excluding tert-OH is 1. The minimum absolute atomic E-state index is 0.0710. The molecule has 2 heterocycles. The van der Waals surface area contributed by atoms with Crippen molar-refractivity contribution in [1.82, 2.24) is 0 Å². The van der Waals surface area contributed by atoms with Crippen LogP contribution in [-0.2, 0) is 12.8 Å². The van der Waals surface area contributed by atoms with Crippen LogP contribution in [0.1, 0.15) is 82.3 Å². The van der Waals surface area contributed by atoms with E-state index in [2.05, 4.69) is 17.9 Å². The average molecular weight is 471 g/mol. The van der Waals surface area contributed by atoms with Gasteiger partial charge in [-0.05, 0) is 73.4 Å². The number of anilines is 2. The molecule has 4 rings (SSSR count). The molecule has 0 aliphatic carbocycles. The number of benzene rings is 2. The summed E-state index contributed by atoms with van der Waals surface area (Å²) in [7, 11) is 0. The maximum atomic E-state index is 14.8. The first-order chi connectivity index (χ1) is 16.5. The van der Waals surface area contributed by atoms with E-state index >= 15 is 0 Å². The van der Waals surface area contributed by atoms with E-state index in [9.17, 15) is 14.3 Å². The lowest BCUT2D eigenvalue weighted by Gasteiger charge is -2.30. The highest BCUT2D eigenvalue weighted by Gasteiger charge is 2.27. The van der Waals surface area contributed by atoms with Gasteiger partial charge in [0, 0.05) is 30.9 Å². The zero-order valence-corrected chi connectivity index (χ0v) is 21.9. The van der Waals surface area contributed by atoms with Gasteiger partial charge in [0.15, 0.2) is 0 Å². The summed E-state index contributed by atoms with van der Waals surface area (Å²) in [6.07, 6.45) is 3.85. The van der Waals surface area contributed by atoms with Gasteiger partial charge in [0.25, 0.3) is 5.91 Å². The Labute approximate surface area is 205 Å². The predicted molar refractivity (Wildman–Crippen MR) is 142 cm³/mol. The Balaban J connectivity index is 0.000000970. The van der Waals surface area contributed by atoms with Gasteiger partial charge in [0.2, 0.25) is 0 Å². The first-order valence-corrected chi connectivity index (χ1v) is 13.1. The van der Waals surface area contributed by atoms with Crippen molar-refractivity contribution < 1.29 is 14.3 Å². The van der Waals surface area contributed by atoms with Gasteiger partial charge >= 0.3 is 0 Å². The highest BCUT2D eigenvalue weighted by atomic mass is 19.1. The fourth-order valence-corrected chi connectivity index (χ4v) is 4.55. The standard InChI is InChI=1S/C25H31FN2O2.2C2H6/c1-3-21(29)7-4-18-5-8-22-19(14-18)11-13-28(25(22)30)20-6-9-24(23(26)15-20)27-12-10-17(2)16-27;2*1-2/h5-6,8-9,14-15,17,21,29H,3-4,7,10-13,16H2,1-2H3;2*1-2H3. The molecule has 2 aromatic carbocycles. The van der Waals surface area contributed by atoms with Gasteiger partial charge in [0.05, 0.1) is 11.8 Å². The largest absolute Gasteiger partial charge is 0.393 e. The highest BCUT2D eigenvalue weighted by Crippen LogP contribution is 2.31. The van der Waals surface area contributed by atoms with Crippen LogP contribution >= 0.6 is 0 Å². The van der Waals surface area contributed by atoms with E-state index in [-0.39, 0.29) is 17.8 Å². The molecule has 0 saturated carbocycles. The molecule has 1 N–H and O–H groups in total. The Hall–Kier alpha value is -2.40. The molecule has 188 valence electrons. The van der Waals surface area contributed by atoms with E-state index in [0.717, 1.165) is 56.3 Å². The molecule has 0 bridgehead atoms. The second-order valence-corrected chi connectivity index (χ2v) is 8.77. The number of amides is 1. The Kier molecular flexibility index (Phi) is 11.0. The Morgan fingerprint density at radius 1 is 1.09 bits per heavy atom. The molecule has 4 nitrogen and oxygen atoms in total. The molecule has 2 aromatic rings. The van der Waals surface area contributed by atoms with Crippen LogP contribution < -0.4 is 9.80 Å². The van der Waals surface area contributed by atoms with E-state index in [4.69, 9.17) is 0 Å². The minimum Gasteiger partial charge on any atom is -0.393 e. The molecule has 1 amide bonds. The van der Waals surface area contributed by atoms with E-state index < -0.39 is 0 Å². The van der Waals surface area contributed by atoms with Crippen molar-refractivity contribution >= 4 is 17.3 Å². The van der Waals surface area contributed by atoms with Crippen LogP contribution in [0.5, 0.6) is 0 Å². The quantitative estimate of drug-likeness (QED) is 0.515. The molecule has 0 radical (unpaired) electrons. The summed E-state index contributed by atoms with van der Waals surface area (Å²) in [5.74, 6) is 0.253. The fraction of sp³-hybridized carbons (Fsp3) is 0.552. The summed E-state index contributed by atoms with van der Waals surface area (Å²) >= 11 is 0. The van der Waals surface area contributed by atoms with Gasteiger partial charge in [-0.1, -0.05) is 53.7 Å². The Bertz CT molecular complexity index is 930. The first kappa shape index (κ1) is 27.8. The van der Waals surface area contributed by atoms with Crippen molar-refractivity contribution in [3.8, 4) is 0 Å². The Morgan fingerprint density at radius 2 is 1.82 bits per heavy atom. The lowest BCUT2D eigenvalue weighted by molar-refractivity contribution is 0.0980. The zero-order valence-electron chi connectivity index (χ0n) is 21.9. The van der Waals surface area contributed by atoms with Gasteiger partial charge in [-0.3, -0.25) is 4.79 Å². The summed E-state index contributed by atoms with van der Waals surface area (Å²) in [5, 5.41) is 9.79. The average Bonchev–Trinajstić information content (AvgIpc) is 3.31. The van der Waals surface area contributed by atoms with Crippen LogP contribution in [0.3, 0.4) is 0 Å². The van der Waals surface area contributed by atoms with Gasteiger partial charge in [0.1, 0.15) is 5.82 Å². The van der Waals surface area contributed by atoms with Crippen LogP contribution in [-0.4, -0.2) is 36.8 Å². The first-order valence-electron chi connectivity index (χ1n) is 13.1. The summed E-state index contributed by atoms with van der Waals surface area (Å²) in [6, 6.07) is 11.1. The van der Waals surface area contributed by atoms with Crippen LogP contribution in [0.4, 0.5) is 15.8 Å². The highest BCUT2D eigenvalue weighted by molar-refractivity contribution is 6.08. The molecule has 2 atom stereocenters. The molecule has 0 spiro atoms. The number of hydrogen-bond acceptors (Lipinski definition) is 3. The van der Waals surface area contributed by atoms with Gasteiger partial charge < -0.3 is 14.9 Å². The van der Waals surface area contributed by atoms with Gasteiger partial charge in [-0.2, -0.15) is 0 Å². The lowest BCUT2D eigenvalue weighted by Crippen LogP contribution is -2.37. The smallest absolute Gasteiger partial charge is 0.258 e. The molecule has 2 aliphatic rings. The van der Waals surface area contributed by atoms with Gasteiger partial charge in [-0.25, -0.2) is 4.39 Å². The zero-order chi connectivity index (χ0) is 25.3. The number of aryl methyl sites for hydroxylation is 1. The number of halogens is 1. The van der Waals surface area contributed by atoms with Crippen molar-refractivity contribution in [1.29, 1.82) is 0 Å². The van der Waals surface area contributed by atoms with Crippen molar-refractivity contribution in [2.24, 2.45) is 5.92 Å². The summed E-state index contributed by atoms with van der Waals surface area (Å²) < 4.78 is 14.8. The van der Waals surface area contributed by atoms with E-state index in [0.29, 0.717) is 29.4 Å². The topological polar surface area (TPSA) is 43.8 Å². The maximum Gasteiger partial charge on any atom is 0.258 e. The third-order valence-electron chi connectivity index (χ3n) is 6.49. The van der Waals surface area contributed by atoms with E-state index in [1.165, 1.54) is 6.07 Å². The van der Waals surface area contributed by atoms with Crippen LogP contribution in [0.2, 0.25) is 0 Å². The van der Waals surface area contributed by atoms with Crippen molar-refractivity contribution in [3.63, 3.8) is 0 Å². The van der Waals surface area contributed by atoms with Crippen molar-refractivity contribution in [2.75, 3.05) is 29.4 Å². The maximum absolute atomic E-state index is 14.8. The SMILES string of the molecule is CC.CC.CCC(O)CCc1ccc2c(c1)CCN(c1ccc(N3CCC(C)C3)c(F)c1)C2=O. The van der Waals surface area contributed by atoms with Crippen LogP contribution in [0, 0.1) is 11.7 Å². The summed E-state index contributed by atoms with van der Waals surface area (Å²) in [4.78, 5) is 16.9. The van der Waals surface area contributed by atoms with Crippen molar-refractivity contribution in [3.05, 3.63) is 58.9 Å². The molecular formula is C29H43FN2O2. The second-order valence-electron chi connectivity index (χ2n) is 8.77. The predicted octanol–water partition coefficient (Wildman–Crippen LogP) is 6.63. The monoisotopic (exact) mass is 470 g/mol. The third-order valence-corrected chi connectivity index (χ3v) is 6.49. The number of aliphatic hydroxyl groups is 1. The molecule has 5 heteroatoms. The molecule has 34 heavy (non-hydrogen) atoms. The third kappa shape index (κ3) is 6.59. The summed E-state index contributed by atoms with van der Waals surface area (Å²) in [5.41, 5.74) is 4.14. The number of fused-ring (bicyclic) bond motifs is 1. The van der Waals surface area contributed by atoms with E-state index in [1.54, 1.807) is 4.90 Å². The molecule has 1 saturated heterocycles. The fourth-order valence-electron chi connectivity index (χ4n) is 4.55. The van der Waals surface area contributed by atoms with Crippen LogP contribution in [0.15, 0.2) is 36.4 Å². The second kappa shape index (κ2) is 13.5. The molecule has 0 aromatic heterocycles. The number of rotatable bonds is 6. The number of hydrogen-bond donors (Lipinski definition) is 1. The molecule has 2 aliphatic heterocycles. The Morgan fingerprint density at radius 3 is 2.44 bits per heavy atom. The number of nitrogens with zero attached hydrogens (tertiary/aromatic N) is 2. The van der Waals surface area contributed by atoms with Crippen molar-refractivity contribution in [2.45, 2.75) is 79.8 Å². The van der Waals surface area contributed by atoms with E-state index in [1.807, 2.05) is 58.9 Å². The molecule has 1 fully saturated rings. The minimum atomic E-state index is -0.278. The normalized spacial score (nSPS) is 17.9. The summed E-state index contributed by atoms with van der Waals surface area (Å²) in [6.45, 7) is 14.5. The number of carbonyl (C=O) groups excluding carboxylic acids is 1. The number of carbonyl (C=O) groups is 1. The molecule has 2 unspecified atom stereocenters. The molecular weight excluding hydrogens is 427 g/mol. The van der Waals surface area contributed by atoms with Gasteiger partial charge in [-0.15, -0.1) is 0 Å². The van der Waals surface area contributed by atoms with Crippen LogP contribution in [0.25, 0.3) is 0 Å². The lowest BCUT2D eigenvalue weighted by atomic mass is 9.94.